The minimum absolute atomic E-state index is 0.169. The van der Waals surface area contributed by atoms with Crippen molar-refractivity contribution in [3.05, 3.63) is 42.2 Å². The Balaban J connectivity index is 1.50. The number of hydrogen-bond acceptors (Lipinski definition) is 5. The fourth-order valence-electron chi connectivity index (χ4n) is 3.57. The van der Waals surface area contributed by atoms with Crippen LogP contribution < -0.4 is 15.5 Å². The Labute approximate surface area is 161 Å². The number of imide groups is 1. The molecule has 2 aliphatic rings. The SMILES string of the molecule is Cn1cc([C@H]2OCC[C@@H]2C(=O)Nc2cccc(N3C(=O)CCNC3=O)c2)cn1. The molecule has 0 saturated carbocycles. The molecule has 2 aliphatic heterocycles. The highest BCUT2D eigenvalue weighted by Crippen LogP contribution is 2.35. The molecule has 0 unspecified atom stereocenters. The van der Waals surface area contributed by atoms with Crippen molar-refractivity contribution in [2.24, 2.45) is 13.0 Å². The summed E-state index contributed by atoms with van der Waals surface area (Å²) < 4.78 is 7.43. The molecule has 0 spiro atoms. The molecule has 0 radical (unpaired) electrons. The van der Waals surface area contributed by atoms with Gasteiger partial charge < -0.3 is 15.4 Å². The molecule has 9 nitrogen and oxygen atoms in total. The lowest BCUT2D eigenvalue weighted by atomic mass is 9.96. The molecule has 4 amide bonds. The molecule has 3 heterocycles. The van der Waals surface area contributed by atoms with Crippen LogP contribution in [0.4, 0.5) is 16.2 Å². The minimum Gasteiger partial charge on any atom is -0.373 e. The summed E-state index contributed by atoms with van der Waals surface area (Å²) in [5.41, 5.74) is 1.81. The number of anilines is 2. The molecule has 2 atom stereocenters. The number of ether oxygens (including phenoxy) is 1. The van der Waals surface area contributed by atoms with E-state index in [0.717, 1.165) is 10.5 Å². The standard InChI is InChI=1S/C19H21N5O4/c1-23-11-12(10-21-23)17-15(6-8-28-17)18(26)22-13-3-2-4-14(9-13)24-16(25)5-7-20-19(24)27/h2-4,9-11,15,17H,5-8H2,1H3,(H,20,27)(H,22,26)/t15-,17+/m0/s1. The third kappa shape index (κ3) is 3.48. The lowest BCUT2D eigenvalue weighted by Crippen LogP contribution is -2.50. The van der Waals surface area contributed by atoms with Crippen LogP contribution in [0.1, 0.15) is 24.5 Å². The van der Waals surface area contributed by atoms with Crippen LogP contribution in [0.25, 0.3) is 0 Å². The lowest BCUT2D eigenvalue weighted by Gasteiger charge is -2.26. The van der Waals surface area contributed by atoms with Gasteiger partial charge >= 0.3 is 6.03 Å². The van der Waals surface area contributed by atoms with Gasteiger partial charge in [0.05, 0.1) is 23.9 Å². The highest BCUT2D eigenvalue weighted by Gasteiger charge is 2.36. The first-order chi connectivity index (χ1) is 13.5. The number of benzene rings is 1. The third-order valence-electron chi connectivity index (χ3n) is 4.92. The topological polar surface area (TPSA) is 106 Å². The number of aromatic nitrogens is 2. The van der Waals surface area contributed by atoms with E-state index in [-0.39, 0.29) is 30.3 Å². The van der Waals surface area contributed by atoms with E-state index in [1.165, 1.54) is 0 Å². The van der Waals surface area contributed by atoms with E-state index in [4.69, 9.17) is 4.74 Å². The maximum absolute atomic E-state index is 12.8. The fraction of sp³-hybridized carbons (Fsp3) is 0.368. The van der Waals surface area contributed by atoms with E-state index in [2.05, 4.69) is 15.7 Å². The van der Waals surface area contributed by atoms with Gasteiger partial charge in [-0.3, -0.25) is 14.3 Å². The molecule has 1 aromatic carbocycles. The molecule has 2 N–H and O–H groups in total. The Morgan fingerprint density at radius 3 is 2.96 bits per heavy atom. The van der Waals surface area contributed by atoms with Gasteiger partial charge in [0.2, 0.25) is 11.8 Å². The predicted molar refractivity (Wildman–Crippen MR) is 101 cm³/mol. The number of nitrogens with zero attached hydrogens (tertiary/aromatic N) is 3. The third-order valence-corrected chi connectivity index (χ3v) is 4.92. The van der Waals surface area contributed by atoms with Gasteiger partial charge in [-0.15, -0.1) is 0 Å². The van der Waals surface area contributed by atoms with Gasteiger partial charge in [-0.2, -0.15) is 5.10 Å². The minimum atomic E-state index is -0.458. The van der Waals surface area contributed by atoms with Crippen LogP contribution in [0.15, 0.2) is 36.7 Å². The number of aryl methyl sites for hydroxylation is 1. The molecule has 9 heteroatoms. The zero-order valence-corrected chi connectivity index (χ0v) is 15.4. The molecule has 2 saturated heterocycles. The predicted octanol–water partition coefficient (Wildman–Crippen LogP) is 1.58. The summed E-state index contributed by atoms with van der Waals surface area (Å²) in [6.07, 6.45) is 4.06. The summed E-state index contributed by atoms with van der Waals surface area (Å²) >= 11 is 0. The fourth-order valence-corrected chi connectivity index (χ4v) is 3.57. The van der Waals surface area contributed by atoms with Crippen molar-refractivity contribution in [3.8, 4) is 0 Å². The quantitative estimate of drug-likeness (QED) is 0.834. The van der Waals surface area contributed by atoms with Gasteiger partial charge in [-0.25, -0.2) is 9.69 Å². The molecule has 146 valence electrons. The van der Waals surface area contributed by atoms with E-state index in [0.29, 0.717) is 30.9 Å². The van der Waals surface area contributed by atoms with Crippen molar-refractivity contribution in [1.82, 2.24) is 15.1 Å². The summed E-state index contributed by atoms with van der Waals surface area (Å²) in [6, 6.07) is 6.25. The normalized spacial score (nSPS) is 22.2. The van der Waals surface area contributed by atoms with Crippen molar-refractivity contribution >= 4 is 29.2 Å². The summed E-state index contributed by atoms with van der Waals surface area (Å²) in [4.78, 5) is 38.1. The molecule has 2 fully saturated rings. The van der Waals surface area contributed by atoms with Gasteiger partial charge in [-0.1, -0.05) is 6.07 Å². The van der Waals surface area contributed by atoms with Crippen LogP contribution in [0.3, 0.4) is 0 Å². The Hall–Kier alpha value is -3.20. The monoisotopic (exact) mass is 383 g/mol. The highest BCUT2D eigenvalue weighted by atomic mass is 16.5. The van der Waals surface area contributed by atoms with E-state index in [1.807, 2.05) is 13.2 Å². The van der Waals surface area contributed by atoms with Crippen molar-refractivity contribution in [2.75, 3.05) is 23.4 Å². The van der Waals surface area contributed by atoms with Crippen LogP contribution in [-0.4, -0.2) is 40.8 Å². The Morgan fingerprint density at radius 2 is 2.21 bits per heavy atom. The number of carbonyl (C=O) groups is 3. The van der Waals surface area contributed by atoms with E-state index < -0.39 is 6.03 Å². The number of hydrogen-bond donors (Lipinski definition) is 2. The average molecular weight is 383 g/mol. The summed E-state index contributed by atoms with van der Waals surface area (Å²) in [5.74, 6) is -0.779. The van der Waals surface area contributed by atoms with Crippen LogP contribution in [0.2, 0.25) is 0 Å². The molecule has 1 aromatic heterocycles. The zero-order valence-electron chi connectivity index (χ0n) is 15.4. The Bertz CT molecular complexity index is 909. The van der Waals surface area contributed by atoms with Gasteiger partial charge in [0.1, 0.15) is 0 Å². The van der Waals surface area contributed by atoms with Crippen molar-refractivity contribution in [1.29, 1.82) is 0 Å². The van der Waals surface area contributed by atoms with Gasteiger partial charge in [0.15, 0.2) is 0 Å². The second kappa shape index (κ2) is 7.43. The van der Waals surface area contributed by atoms with Crippen LogP contribution in [-0.2, 0) is 21.4 Å². The lowest BCUT2D eigenvalue weighted by molar-refractivity contribution is -0.121. The van der Waals surface area contributed by atoms with E-state index in [1.54, 1.807) is 35.1 Å². The summed E-state index contributed by atoms with van der Waals surface area (Å²) in [6.45, 7) is 0.835. The number of rotatable bonds is 4. The van der Waals surface area contributed by atoms with Gasteiger partial charge in [0.25, 0.3) is 0 Å². The maximum Gasteiger partial charge on any atom is 0.328 e. The Kier molecular flexibility index (Phi) is 4.82. The number of urea groups is 1. The van der Waals surface area contributed by atoms with Crippen molar-refractivity contribution < 1.29 is 19.1 Å². The second-order valence-electron chi connectivity index (χ2n) is 6.88. The first kappa shape index (κ1) is 18.2. The second-order valence-corrected chi connectivity index (χ2v) is 6.88. The maximum atomic E-state index is 12.8. The van der Waals surface area contributed by atoms with Crippen LogP contribution in [0.5, 0.6) is 0 Å². The van der Waals surface area contributed by atoms with E-state index >= 15 is 0 Å². The largest absolute Gasteiger partial charge is 0.373 e. The van der Waals surface area contributed by atoms with Crippen LogP contribution >= 0.6 is 0 Å². The summed E-state index contributed by atoms with van der Waals surface area (Å²) in [5, 5.41) is 9.68. The number of amides is 4. The van der Waals surface area contributed by atoms with Crippen molar-refractivity contribution in [2.45, 2.75) is 18.9 Å². The van der Waals surface area contributed by atoms with Crippen LogP contribution in [0, 0.1) is 5.92 Å². The molecule has 0 aliphatic carbocycles. The van der Waals surface area contributed by atoms with Crippen molar-refractivity contribution in [3.63, 3.8) is 0 Å². The smallest absolute Gasteiger partial charge is 0.328 e. The molecule has 0 bridgehead atoms. The first-order valence-electron chi connectivity index (χ1n) is 9.15. The number of carbonyl (C=O) groups excluding carboxylic acids is 3. The highest BCUT2D eigenvalue weighted by molar-refractivity contribution is 6.16. The average Bonchev–Trinajstić information content (AvgIpc) is 3.30. The summed E-state index contributed by atoms with van der Waals surface area (Å²) in [7, 11) is 1.82. The van der Waals surface area contributed by atoms with E-state index in [9.17, 15) is 14.4 Å². The molecule has 28 heavy (non-hydrogen) atoms. The molecular weight excluding hydrogens is 362 g/mol. The molecule has 4 rings (SSSR count). The first-order valence-corrected chi connectivity index (χ1v) is 9.15. The Morgan fingerprint density at radius 1 is 1.36 bits per heavy atom. The zero-order chi connectivity index (χ0) is 19.7. The van der Waals surface area contributed by atoms with Gasteiger partial charge in [0, 0.05) is 44.1 Å². The molecular formula is C19H21N5O4. The van der Waals surface area contributed by atoms with Gasteiger partial charge in [-0.05, 0) is 24.6 Å². The molecule has 2 aromatic rings. The number of nitrogens with one attached hydrogen (secondary N) is 2.